The maximum absolute atomic E-state index is 12.4. The maximum atomic E-state index is 12.4. The first-order valence-corrected chi connectivity index (χ1v) is 9.96. The van der Waals surface area contributed by atoms with Crippen LogP contribution in [0.5, 0.6) is 0 Å². The van der Waals surface area contributed by atoms with Gasteiger partial charge < -0.3 is 10.6 Å². The number of thiazole rings is 1. The van der Waals surface area contributed by atoms with E-state index in [2.05, 4.69) is 15.6 Å². The van der Waals surface area contributed by atoms with Gasteiger partial charge in [-0.25, -0.2) is 4.98 Å². The lowest BCUT2D eigenvalue weighted by molar-refractivity contribution is -0.118. The van der Waals surface area contributed by atoms with Crippen LogP contribution in [0, 0.1) is 5.92 Å². The second-order valence-corrected chi connectivity index (χ2v) is 7.83. The molecule has 0 unspecified atom stereocenters. The summed E-state index contributed by atoms with van der Waals surface area (Å²) in [5.74, 6) is -0.392. The number of carbonyl (C=O) groups excluding carboxylic acids is 2. The lowest BCUT2D eigenvalue weighted by atomic mass is 10.1. The van der Waals surface area contributed by atoms with Gasteiger partial charge in [0.1, 0.15) is 5.01 Å². The molecule has 0 saturated heterocycles. The second kappa shape index (κ2) is 8.25. The molecule has 0 aliphatic heterocycles. The smallest absolute Gasteiger partial charge is 0.251 e. The molecule has 0 aliphatic carbocycles. The van der Waals surface area contributed by atoms with Crippen LogP contribution in [0.15, 0.2) is 47.2 Å². The molecule has 0 radical (unpaired) electrons. The summed E-state index contributed by atoms with van der Waals surface area (Å²) in [6, 6.07) is 10.9. The third-order valence-electron chi connectivity index (χ3n) is 3.63. The van der Waals surface area contributed by atoms with Gasteiger partial charge in [0, 0.05) is 22.5 Å². The molecule has 0 spiro atoms. The van der Waals surface area contributed by atoms with Gasteiger partial charge in [-0.2, -0.15) is 0 Å². The van der Waals surface area contributed by atoms with Crippen molar-refractivity contribution in [2.75, 3.05) is 5.32 Å². The van der Waals surface area contributed by atoms with E-state index >= 15 is 0 Å². The molecule has 0 atom stereocenters. The quantitative estimate of drug-likeness (QED) is 0.661. The molecule has 26 heavy (non-hydrogen) atoms. The van der Waals surface area contributed by atoms with Crippen LogP contribution < -0.4 is 10.6 Å². The van der Waals surface area contributed by atoms with Crippen LogP contribution >= 0.6 is 22.7 Å². The molecule has 3 aromatic rings. The first-order chi connectivity index (χ1) is 12.5. The van der Waals surface area contributed by atoms with E-state index in [9.17, 15) is 9.59 Å². The van der Waals surface area contributed by atoms with Crippen LogP contribution in [0.3, 0.4) is 0 Å². The zero-order chi connectivity index (χ0) is 18.5. The van der Waals surface area contributed by atoms with Gasteiger partial charge in [0.05, 0.1) is 17.1 Å². The zero-order valence-corrected chi connectivity index (χ0v) is 16.1. The highest BCUT2D eigenvalue weighted by Crippen LogP contribution is 2.27. The first kappa shape index (κ1) is 18.3. The van der Waals surface area contributed by atoms with E-state index in [0.717, 1.165) is 15.6 Å². The van der Waals surface area contributed by atoms with Crippen LogP contribution in [0.25, 0.3) is 9.88 Å². The fraction of sp³-hybridized carbons (Fsp3) is 0.211. The second-order valence-electron chi connectivity index (χ2n) is 6.03. The summed E-state index contributed by atoms with van der Waals surface area (Å²) in [6.45, 7) is 4.01. The van der Waals surface area contributed by atoms with Gasteiger partial charge in [-0.15, -0.1) is 22.7 Å². The zero-order valence-electron chi connectivity index (χ0n) is 14.5. The largest absolute Gasteiger partial charge is 0.346 e. The number of anilines is 1. The SMILES string of the molecule is CC(C)C(=O)Nc1cccc(C(=O)NCc2csc(-c3cccs3)n2)c1. The third-order valence-corrected chi connectivity index (χ3v) is 5.56. The Hall–Kier alpha value is -2.51. The molecule has 3 rings (SSSR count). The highest BCUT2D eigenvalue weighted by molar-refractivity contribution is 7.20. The summed E-state index contributed by atoms with van der Waals surface area (Å²) in [4.78, 5) is 29.8. The van der Waals surface area contributed by atoms with Crippen LogP contribution in [0.2, 0.25) is 0 Å². The van der Waals surface area contributed by atoms with E-state index in [0.29, 0.717) is 17.8 Å². The summed E-state index contributed by atoms with van der Waals surface area (Å²) < 4.78 is 0. The fourth-order valence-corrected chi connectivity index (χ4v) is 3.83. The summed E-state index contributed by atoms with van der Waals surface area (Å²) in [7, 11) is 0. The van der Waals surface area contributed by atoms with E-state index in [1.807, 2.05) is 36.7 Å². The number of hydrogen-bond donors (Lipinski definition) is 2. The van der Waals surface area contributed by atoms with Crippen molar-refractivity contribution < 1.29 is 9.59 Å². The van der Waals surface area contributed by atoms with Crippen molar-refractivity contribution in [2.45, 2.75) is 20.4 Å². The number of carbonyl (C=O) groups is 2. The average molecular weight is 386 g/mol. The Balaban J connectivity index is 1.61. The number of thiophene rings is 1. The summed E-state index contributed by atoms with van der Waals surface area (Å²) >= 11 is 3.21. The molecule has 0 saturated carbocycles. The number of rotatable bonds is 6. The molecule has 7 heteroatoms. The van der Waals surface area contributed by atoms with Crippen molar-refractivity contribution in [1.82, 2.24) is 10.3 Å². The Morgan fingerprint density at radius 2 is 2.00 bits per heavy atom. The van der Waals surface area contributed by atoms with Gasteiger partial charge in [0.25, 0.3) is 5.91 Å². The maximum Gasteiger partial charge on any atom is 0.251 e. The van der Waals surface area contributed by atoms with Crippen molar-refractivity contribution in [2.24, 2.45) is 5.92 Å². The normalized spacial score (nSPS) is 10.7. The van der Waals surface area contributed by atoms with E-state index in [4.69, 9.17) is 0 Å². The lowest BCUT2D eigenvalue weighted by Gasteiger charge is -2.09. The fourth-order valence-electron chi connectivity index (χ4n) is 2.20. The molecule has 2 heterocycles. The molecule has 2 aromatic heterocycles. The molecule has 2 amide bonds. The predicted molar refractivity (Wildman–Crippen MR) is 107 cm³/mol. The number of nitrogens with zero attached hydrogens (tertiary/aromatic N) is 1. The van der Waals surface area contributed by atoms with E-state index in [-0.39, 0.29) is 17.7 Å². The van der Waals surface area contributed by atoms with Gasteiger partial charge in [0.2, 0.25) is 5.91 Å². The predicted octanol–water partition coefficient (Wildman–Crippen LogP) is 4.40. The van der Waals surface area contributed by atoms with E-state index < -0.39 is 0 Å². The monoisotopic (exact) mass is 385 g/mol. The third kappa shape index (κ3) is 4.56. The molecule has 5 nitrogen and oxygen atoms in total. The van der Waals surface area contributed by atoms with Gasteiger partial charge in [0.15, 0.2) is 0 Å². The Labute approximate surface area is 160 Å². The van der Waals surface area contributed by atoms with Crippen LogP contribution in [-0.4, -0.2) is 16.8 Å². The highest BCUT2D eigenvalue weighted by atomic mass is 32.1. The Morgan fingerprint density at radius 3 is 2.73 bits per heavy atom. The molecule has 134 valence electrons. The van der Waals surface area contributed by atoms with Gasteiger partial charge in [-0.05, 0) is 29.6 Å². The molecule has 0 fully saturated rings. The number of benzene rings is 1. The molecular weight excluding hydrogens is 366 g/mol. The lowest BCUT2D eigenvalue weighted by Crippen LogP contribution is -2.23. The van der Waals surface area contributed by atoms with Crippen LogP contribution in [0.4, 0.5) is 5.69 Å². The van der Waals surface area contributed by atoms with Crippen molar-refractivity contribution in [1.29, 1.82) is 0 Å². The van der Waals surface area contributed by atoms with E-state index in [1.54, 1.807) is 46.9 Å². The Kier molecular flexibility index (Phi) is 5.80. The van der Waals surface area contributed by atoms with Gasteiger partial charge in [-0.1, -0.05) is 26.0 Å². The minimum atomic E-state index is -0.198. The van der Waals surface area contributed by atoms with Crippen molar-refractivity contribution >= 4 is 40.2 Å². The van der Waals surface area contributed by atoms with Crippen LogP contribution in [-0.2, 0) is 11.3 Å². The Bertz CT molecular complexity index is 901. The number of hydrogen-bond acceptors (Lipinski definition) is 5. The first-order valence-electron chi connectivity index (χ1n) is 8.20. The standard InChI is InChI=1S/C19H19N3O2S2/c1-12(2)17(23)21-14-6-3-5-13(9-14)18(24)20-10-15-11-26-19(22-15)16-7-4-8-25-16/h3-9,11-12H,10H2,1-2H3,(H,20,24)(H,21,23). The average Bonchev–Trinajstić information content (AvgIpc) is 3.31. The minimum absolute atomic E-state index is 0.0777. The van der Waals surface area contributed by atoms with Crippen molar-refractivity contribution in [3.8, 4) is 9.88 Å². The molecular formula is C19H19N3O2S2. The van der Waals surface area contributed by atoms with Gasteiger partial charge >= 0.3 is 0 Å². The number of amides is 2. The highest BCUT2D eigenvalue weighted by Gasteiger charge is 2.11. The minimum Gasteiger partial charge on any atom is -0.346 e. The molecule has 2 N–H and O–H groups in total. The van der Waals surface area contributed by atoms with Crippen molar-refractivity contribution in [3.63, 3.8) is 0 Å². The molecule has 0 aliphatic rings. The van der Waals surface area contributed by atoms with Crippen molar-refractivity contribution in [3.05, 3.63) is 58.4 Å². The number of aromatic nitrogens is 1. The number of nitrogens with one attached hydrogen (secondary N) is 2. The molecule has 0 bridgehead atoms. The van der Waals surface area contributed by atoms with Crippen LogP contribution in [0.1, 0.15) is 29.9 Å². The topological polar surface area (TPSA) is 71.1 Å². The van der Waals surface area contributed by atoms with E-state index in [1.165, 1.54) is 0 Å². The molecule has 1 aromatic carbocycles. The summed E-state index contributed by atoms with van der Waals surface area (Å²) in [5, 5.41) is 10.6. The van der Waals surface area contributed by atoms with Gasteiger partial charge in [-0.3, -0.25) is 9.59 Å². The Morgan fingerprint density at radius 1 is 1.15 bits per heavy atom. The summed E-state index contributed by atoms with van der Waals surface area (Å²) in [6.07, 6.45) is 0. The summed E-state index contributed by atoms with van der Waals surface area (Å²) in [5.41, 5.74) is 1.95.